The van der Waals surface area contributed by atoms with Crippen LogP contribution in [0.5, 0.6) is 0 Å². The highest BCUT2D eigenvalue weighted by molar-refractivity contribution is 7.91. The number of benzene rings is 1. The number of aldehydes is 1. The number of pyridine rings is 1. The quantitative estimate of drug-likeness (QED) is 0.180. The van der Waals surface area contributed by atoms with Crippen LogP contribution in [0.1, 0.15) is 86.9 Å². The van der Waals surface area contributed by atoms with E-state index in [4.69, 9.17) is 0 Å². The van der Waals surface area contributed by atoms with E-state index in [-0.39, 0.29) is 34.5 Å². The molecule has 5 rings (SSSR count). The number of halogens is 3. The molecule has 1 atom stereocenters. The first-order chi connectivity index (χ1) is 21.5. The number of hydrogen-bond acceptors (Lipinski definition) is 8. The van der Waals surface area contributed by atoms with Crippen LogP contribution in [0.4, 0.5) is 19.0 Å². The minimum absolute atomic E-state index is 0.00316. The number of rotatable bonds is 14. The minimum Gasteiger partial charge on any atom is -0.363 e. The Bertz CT molecular complexity index is 1680. The standard InChI is InChI=1S/C32H40F3N5O4S/c1-21(24-8-7-9-27(28(24)33)32(34,35)17-22-18-36-19-22)39-29-26-16-25(23-10-14-45(43,44)15-11-23)31(42)40(30(26)38-20-37-29)12-5-3-2-4-6-13-41/h7-9,13,16,20-23,36H,2-6,10-12,14-15,17-19H2,1H3,(H,37,38,39)/t21-/m1/s1. The average Bonchev–Trinajstić information content (AvgIpc) is 2.98. The predicted octanol–water partition coefficient (Wildman–Crippen LogP) is 5.25. The topological polar surface area (TPSA) is 123 Å². The second-order valence-electron chi connectivity index (χ2n) is 12.3. The lowest BCUT2D eigenvalue weighted by Crippen LogP contribution is -2.44. The Morgan fingerprint density at radius 2 is 1.87 bits per heavy atom. The first-order valence-electron chi connectivity index (χ1n) is 15.7. The highest BCUT2D eigenvalue weighted by atomic mass is 32.2. The molecule has 4 heterocycles. The molecular weight excluding hydrogens is 607 g/mol. The molecule has 2 saturated heterocycles. The Kier molecular flexibility index (Phi) is 10.3. The van der Waals surface area contributed by atoms with Crippen molar-refractivity contribution in [3.8, 4) is 0 Å². The molecule has 0 bridgehead atoms. The van der Waals surface area contributed by atoms with Crippen molar-refractivity contribution < 1.29 is 26.4 Å². The van der Waals surface area contributed by atoms with Gasteiger partial charge in [0.1, 0.15) is 39.7 Å². The van der Waals surface area contributed by atoms with Crippen LogP contribution in [0, 0.1) is 11.7 Å². The largest absolute Gasteiger partial charge is 0.363 e. The Hall–Kier alpha value is -3.32. The van der Waals surface area contributed by atoms with E-state index in [1.165, 1.54) is 18.5 Å². The van der Waals surface area contributed by atoms with Gasteiger partial charge in [-0.05, 0) is 63.6 Å². The Morgan fingerprint density at radius 1 is 1.13 bits per heavy atom. The number of nitrogens with zero attached hydrogens (tertiary/aromatic N) is 3. The van der Waals surface area contributed by atoms with E-state index >= 15 is 13.2 Å². The third-order valence-electron chi connectivity index (χ3n) is 9.01. The number of hydrogen-bond donors (Lipinski definition) is 2. The fourth-order valence-electron chi connectivity index (χ4n) is 6.29. The molecule has 244 valence electrons. The summed E-state index contributed by atoms with van der Waals surface area (Å²) in [6.07, 6.45) is 5.98. The van der Waals surface area contributed by atoms with Crippen molar-refractivity contribution >= 4 is 33.0 Å². The zero-order chi connectivity index (χ0) is 32.2. The van der Waals surface area contributed by atoms with E-state index in [0.29, 0.717) is 67.7 Å². The molecule has 0 amide bonds. The molecule has 2 aromatic heterocycles. The first-order valence-corrected chi connectivity index (χ1v) is 17.5. The molecule has 45 heavy (non-hydrogen) atoms. The van der Waals surface area contributed by atoms with E-state index in [1.54, 1.807) is 17.6 Å². The summed E-state index contributed by atoms with van der Waals surface area (Å²) in [6, 6.07) is 4.97. The van der Waals surface area contributed by atoms with Crippen molar-refractivity contribution in [3.05, 3.63) is 63.5 Å². The lowest BCUT2D eigenvalue weighted by molar-refractivity contribution is -0.107. The summed E-state index contributed by atoms with van der Waals surface area (Å²) in [5.74, 6) is -4.46. The fraction of sp³-hybridized carbons (Fsp3) is 0.562. The van der Waals surface area contributed by atoms with Crippen molar-refractivity contribution in [3.63, 3.8) is 0 Å². The number of alkyl halides is 2. The van der Waals surface area contributed by atoms with Gasteiger partial charge in [0.25, 0.3) is 11.5 Å². The number of fused-ring (bicyclic) bond motifs is 1. The SMILES string of the molecule is C[C@@H](Nc1ncnc2c1cc(C1CCS(=O)(=O)CC1)c(=O)n2CCCCCCC=O)c1cccc(C(F)(F)CC2CNC2)c1F. The van der Waals surface area contributed by atoms with Gasteiger partial charge < -0.3 is 15.4 Å². The van der Waals surface area contributed by atoms with Gasteiger partial charge in [-0.2, -0.15) is 0 Å². The Balaban J connectivity index is 1.47. The number of unbranched alkanes of at least 4 members (excludes halogenated alkanes) is 4. The average molecular weight is 648 g/mol. The van der Waals surface area contributed by atoms with Crippen molar-refractivity contribution in [2.45, 2.75) is 82.7 Å². The zero-order valence-electron chi connectivity index (χ0n) is 25.4. The van der Waals surface area contributed by atoms with Gasteiger partial charge in [0.2, 0.25) is 0 Å². The number of nitrogens with one attached hydrogen (secondary N) is 2. The summed E-state index contributed by atoms with van der Waals surface area (Å²) in [7, 11) is -3.16. The molecule has 0 unspecified atom stereocenters. The molecule has 2 aliphatic heterocycles. The van der Waals surface area contributed by atoms with Crippen molar-refractivity contribution in [2.24, 2.45) is 5.92 Å². The molecular formula is C32H40F3N5O4S. The Labute approximate surface area is 261 Å². The van der Waals surface area contributed by atoms with Crippen LogP contribution < -0.4 is 16.2 Å². The molecule has 2 aliphatic rings. The second kappa shape index (κ2) is 14.0. The van der Waals surface area contributed by atoms with Crippen LogP contribution >= 0.6 is 0 Å². The summed E-state index contributed by atoms with van der Waals surface area (Å²) >= 11 is 0. The number of anilines is 1. The van der Waals surface area contributed by atoms with Gasteiger partial charge >= 0.3 is 0 Å². The molecule has 0 aliphatic carbocycles. The molecule has 0 radical (unpaired) electrons. The van der Waals surface area contributed by atoms with Crippen LogP contribution in [0.25, 0.3) is 11.0 Å². The monoisotopic (exact) mass is 647 g/mol. The maximum Gasteiger partial charge on any atom is 0.276 e. The molecule has 0 spiro atoms. The summed E-state index contributed by atoms with van der Waals surface area (Å²) < 4.78 is 71.7. The Morgan fingerprint density at radius 3 is 2.56 bits per heavy atom. The fourth-order valence-corrected chi connectivity index (χ4v) is 7.78. The van der Waals surface area contributed by atoms with Gasteiger partial charge in [-0.3, -0.25) is 9.36 Å². The lowest BCUT2D eigenvalue weighted by atomic mass is 9.90. The van der Waals surface area contributed by atoms with Crippen LogP contribution in [0.15, 0.2) is 35.4 Å². The van der Waals surface area contributed by atoms with Crippen LogP contribution in [-0.2, 0) is 27.1 Å². The maximum absolute atomic E-state index is 15.7. The third kappa shape index (κ3) is 7.57. The number of aryl methyl sites for hydroxylation is 1. The normalized spacial score (nSPS) is 18.0. The van der Waals surface area contributed by atoms with Gasteiger partial charge in [-0.1, -0.05) is 31.0 Å². The van der Waals surface area contributed by atoms with E-state index < -0.39 is 39.6 Å². The highest BCUT2D eigenvalue weighted by Crippen LogP contribution is 2.39. The van der Waals surface area contributed by atoms with E-state index in [1.807, 2.05) is 0 Å². The molecule has 0 saturated carbocycles. The number of carbonyl (C=O) groups excluding carboxylic acids is 1. The van der Waals surface area contributed by atoms with Crippen LogP contribution in [0.2, 0.25) is 0 Å². The van der Waals surface area contributed by atoms with Crippen molar-refractivity contribution in [2.75, 3.05) is 29.9 Å². The van der Waals surface area contributed by atoms with E-state index in [9.17, 15) is 18.0 Å². The van der Waals surface area contributed by atoms with E-state index in [2.05, 4.69) is 20.6 Å². The van der Waals surface area contributed by atoms with Gasteiger partial charge in [0, 0.05) is 30.5 Å². The molecule has 13 heteroatoms. The van der Waals surface area contributed by atoms with Gasteiger partial charge in [-0.25, -0.2) is 31.6 Å². The van der Waals surface area contributed by atoms with Crippen LogP contribution in [-0.4, -0.2) is 53.8 Å². The maximum atomic E-state index is 15.7. The van der Waals surface area contributed by atoms with Gasteiger partial charge in [0.05, 0.1) is 28.5 Å². The van der Waals surface area contributed by atoms with Gasteiger partial charge in [0.15, 0.2) is 0 Å². The predicted molar refractivity (Wildman–Crippen MR) is 167 cm³/mol. The molecule has 2 fully saturated rings. The zero-order valence-corrected chi connectivity index (χ0v) is 26.2. The van der Waals surface area contributed by atoms with Crippen molar-refractivity contribution in [1.82, 2.24) is 19.9 Å². The summed E-state index contributed by atoms with van der Waals surface area (Å²) in [4.78, 5) is 33.3. The second-order valence-corrected chi connectivity index (χ2v) is 14.6. The lowest BCUT2D eigenvalue weighted by Gasteiger charge is -2.31. The minimum atomic E-state index is -3.32. The van der Waals surface area contributed by atoms with Gasteiger partial charge in [-0.15, -0.1) is 0 Å². The molecule has 1 aromatic carbocycles. The van der Waals surface area contributed by atoms with E-state index in [0.717, 1.165) is 31.6 Å². The highest BCUT2D eigenvalue weighted by Gasteiger charge is 2.39. The number of aromatic nitrogens is 3. The molecule has 2 N–H and O–H groups in total. The molecule has 9 nitrogen and oxygen atoms in total. The molecule has 3 aromatic rings. The third-order valence-corrected chi connectivity index (χ3v) is 10.7. The summed E-state index contributed by atoms with van der Waals surface area (Å²) in [6.45, 7) is 3.00. The number of sulfone groups is 1. The first kappa shape index (κ1) is 33.1. The summed E-state index contributed by atoms with van der Waals surface area (Å²) in [5, 5.41) is 6.65. The number of carbonyl (C=O) groups is 1. The smallest absolute Gasteiger partial charge is 0.276 e. The van der Waals surface area contributed by atoms with Crippen molar-refractivity contribution in [1.29, 1.82) is 0 Å². The summed E-state index contributed by atoms with van der Waals surface area (Å²) in [5.41, 5.74) is 0.0402. The van der Waals surface area contributed by atoms with Crippen LogP contribution in [0.3, 0.4) is 0 Å².